The van der Waals surface area contributed by atoms with Gasteiger partial charge in [-0.3, -0.25) is 0 Å². The van der Waals surface area contributed by atoms with Crippen molar-refractivity contribution >= 4 is 23.0 Å². The highest BCUT2D eigenvalue weighted by Crippen LogP contribution is 2.20. The Kier molecular flexibility index (Phi) is 5.28. The van der Waals surface area contributed by atoms with E-state index in [1.54, 1.807) is 12.1 Å². The zero-order valence-electron chi connectivity index (χ0n) is 12.2. The van der Waals surface area contributed by atoms with Crippen molar-refractivity contribution in [3.05, 3.63) is 65.5 Å². The van der Waals surface area contributed by atoms with Gasteiger partial charge in [-0.15, -0.1) is 0 Å². The number of benzene rings is 2. The first kappa shape index (κ1) is 15.4. The molecule has 1 atom stereocenters. The van der Waals surface area contributed by atoms with E-state index in [0.717, 1.165) is 12.1 Å². The molecular formula is C17H19FN2S. The molecule has 2 aromatic carbocycles. The molecule has 0 radical (unpaired) electrons. The lowest BCUT2D eigenvalue weighted by molar-refractivity contribution is 0.625. The van der Waals surface area contributed by atoms with E-state index in [1.807, 2.05) is 12.1 Å². The molecule has 0 spiro atoms. The van der Waals surface area contributed by atoms with Crippen molar-refractivity contribution in [3.8, 4) is 0 Å². The highest BCUT2D eigenvalue weighted by molar-refractivity contribution is 7.80. The van der Waals surface area contributed by atoms with Gasteiger partial charge in [0.2, 0.25) is 0 Å². The Labute approximate surface area is 130 Å². The minimum atomic E-state index is -0.259. The highest BCUT2D eigenvalue weighted by Gasteiger charge is 2.12. The molecule has 0 aliphatic heterocycles. The van der Waals surface area contributed by atoms with Crippen LogP contribution in [-0.2, 0) is 0 Å². The maximum Gasteiger partial charge on any atom is 0.171 e. The maximum absolute atomic E-state index is 12.9. The SMILES string of the molecule is CC[C@H](NC(=S)Nc1ccc(F)cc1)c1ccccc1C. The maximum atomic E-state index is 12.9. The molecule has 4 heteroatoms. The molecule has 0 saturated heterocycles. The lowest BCUT2D eigenvalue weighted by Gasteiger charge is -2.21. The number of halogens is 1. The molecule has 0 aromatic heterocycles. The number of hydrogen-bond donors (Lipinski definition) is 2. The molecule has 0 amide bonds. The lowest BCUT2D eigenvalue weighted by Crippen LogP contribution is -2.32. The molecule has 0 heterocycles. The molecule has 110 valence electrons. The van der Waals surface area contributed by atoms with Crippen molar-refractivity contribution in [2.24, 2.45) is 0 Å². The molecule has 0 saturated carbocycles. The second kappa shape index (κ2) is 7.18. The molecule has 0 aliphatic carbocycles. The van der Waals surface area contributed by atoms with Gasteiger partial charge in [0.15, 0.2) is 5.11 Å². The van der Waals surface area contributed by atoms with E-state index in [1.165, 1.54) is 23.3 Å². The van der Waals surface area contributed by atoms with Crippen molar-refractivity contribution in [1.29, 1.82) is 0 Å². The van der Waals surface area contributed by atoms with Gasteiger partial charge in [0.05, 0.1) is 6.04 Å². The summed E-state index contributed by atoms with van der Waals surface area (Å²) in [6.07, 6.45) is 0.927. The average molecular weight is 302 g/mol. The molecule has 2 nitrogen and oxygen atoms in total. The molecule has 2 N–H and O–H groups in total. The van der Waals surface area contributed by atoms with Crippen LogP contribution in [0.2, 0.25) is 0 Å². The summed E-state index contributed by atoms with van der Waals surface area (Å²) in [7, 11) is 0. The molecule has 0 aliphatic rings. The van der Waals surface area contributed by atoms with E-state index >= 15 is 0 Å². The van der Waals surface area contributed by atoms with E-state index in [2.05, 4.69) is 36.6 Å². The summed E-state index contributed by atoms with van der Waals surface area (Å²) in [6.45, 7) is 4.21. The molecule has 0 bridgehead atoms. The van der Waals surface area contributed by atoms with Gasteiger partial charge in [0.25, 0.3) is 0 Å². The van der Waals surface area contributed by atoms with Crippen LogP contribution in [0.4, 0.5) is 10.1 Å². The van der Waals surface area contributed by atoms with Crippen LogP contribution in [-0.4, -0.2) is 5.11 Å². The molecule has 0 unspecified atom stereocenters. The third kappa shape index (κ3) is 4.26. The number of anilines is 1. The van der Waals surface area contributed by atoms with Crippen molar-refractivity contribution in [3.63, 3.8) is 0 Å². The number of rotatable bonds is 4. The van der Waals surface area contributed by atoms with Gasteiger partial charge in [0, 0.05) is 5.69 Å². The molecular weight excluding hydrogens is 283 g/mol. The average Bonchev–Trinajstić information content (AvgIpc) is 2.48. The van der Waals surface area contributed by atoms with Crippen LogP contribution >= 0.6 is 12.2 Å². The fourth-order valence-corrected chi connectivity index (χ4v) is 2.50. The van der Waals surface area contributed by atoms with E-state index < -0.39 is 0 Å². The Morgan fingerprint density at radius 2 is 1.81 bits per heavy atom. The van der Waals surface area contributed by atoms with E-state index in [9.17, 15) is 4.39 Å². The van der Waals surface area contributed by atoms with E-state index in [0.29, 0.717) is 5.11 Å². The second-order valence-electron chi connectivity index (χ2n) is 4.92. The van der Waals surface area contributed by atoms with Crippen LogP contribution in [0.5, 0.6) is 0 Å². The van der Waals surface area contributed by atoms with Crippen molar-refractivity contribution in [2.45, 2.75) is 26.3 Å². The monoisotopic (exact) mass is 302 g/mol. The van der Waals surface area contributed by atoms with Gasteiger partial charge in [-0.05, 0) is 61.0 Å². The zero-order chi connectivity index (χ0) is 15.2. The van der Waals surface area contributed by atoms with E-state index in [4.69, 9.17) is 12.2 Å². The summed E-state index contributed by atoms with van der Waals surface area (Å²) in [5.74, 6) is -0.259. The minimum absolute atomic E-state index is 0.159. The highest BCUT2D eigenvalue weighted by atomic mass is 32.1. The van der Waals surface area contributed by atoms with Gasteiger partial charge in [-0.1, -0.05) is 31.2 Å². The van der Waals surface area contributed by atoms with Crippen molar-refractivity contribution in [1.82, 2.24) is 5.32 Å². The minimum Gasteiger partial charge on any atom is -0.356 e. The Morgan fingerprint density at radius 1 is 1.14 bits per heavy atom. The largest absolute Gasteiger partial charge is 0.356 e. The summed E-state index contributed by atoms with van der Waals surface area (Å²) < 4.78 is 12.9. The van der Waals surface area contributed by atoms with Crippen molar-refractivity contribution < 1.29 is 4.39 Å². The molecule has 0 fully saturated rings. The number of hydrogen-bond acceptors (Lipinski definition) is 1. The van der Waals surface area contributed by atoms with Crippen LogP contribution in [0, 0.1) is 12.7 Å². The molecule has 2 aromatic rings. The summed E-state index contributed by atoms with van der Waals surface area (Å²) in [5.41, 5.74) is 3.25. The van der Waals surface area contributed by atoms with Gasteiger partial charge in [0.1, 0.15) is 5.82 Å². The fraction of sp³-hybridized carbons (Fsp3) is 0.235. The number of nitrogens with one attached hydrogen (secondary N) is 2. The summed E-state index contributed by atoms with van der Waals surface area (Å²) in [5, 5.41) is 6.93. The van der Waals surface area contributed by atoms with Gasteiger partial charge >= 0.3 is 0 Å². The number of thiocarbonyl (C=S) groups is 1. The molecule has 21 heavy (non-hydrogen) atoms. The summed E-state index contributed by atoms with van der Waals surface area (Å²) in [4.78, 5) is 0. The van der Waals surface area contributed by atoms with Gasteiger partial charge < -0.3 is 10.6 Å². The summed E-state index contributed by atoms with van der Waals surface area (Å²) >= 11 is 5.34. The van der Waals surface area contributed by atoms with Crippen LogP contribution in [0.25, 0.3) is 0 Å². The van der Waals surface area contributed by atoms with Crippen molar-refractivity contribution in [2.75, 3.05) is 5.32 Å². The predicted molar refractivity (Wildman–Crippen MR) is 90.0 cm³/mol. The Bertz CT molecular complexity index is 610. The Morgan fingerprint density at radius 3 is 2.43 bits per heavy atom. The normalized spacial score (nSPS) is 11.8. The fourth-order valence-electron chi connectivity index (χ4n) is 2.24. The lowest BCUT2D eigenvalue weighted by atomic mass is 10.00. The standard InChI is InChI=1S/C17H19FN2S/c1-3-16(15-7-5-4-6-12(15)2)20-17(21)19-14-10-8-13(18)9-11-14/h4-11,16H,3H2,1-2H3,(H2,19,20,21)/t16-/m0/s1. The smallest absolute Gasteiger partial charge is 0.171 e. The summed E-state index contributed by atoms with van der Waals surface area (Å²) in [6, 6.07) is 14.6. The quantitative estimate of drug-likeness (QED) is 0.809. The van der Waals surface area contributed by atoms with E-state index in [-0.39, 0.29) is 11.9 Å². The Hall–Kier alpha value is -1.94. The predicted octanol–water partition coefficient (Wildman–Crippen LogP) is 4.57. The van der Waals surface area contributed by atoms with Gasteiger partial charge in [-0.25, -0.2) is 4.39 Å². The van der Waals surface area contributed by atoms with Crippen LogP contribution in [0.15, 0.2) is 48.5 Å². The first-order chi connectivity index (χ1) is 10.1. The third-order valence-electron chi connectivity index (χ3n) is 3.38. The first-order valence-electron chi connectivity index (χ1n) is 6.98. The van der Waals surface area contributed by atoms with Gasteiger partial charge in [-0.2, -0.15) is 0 Å². The topological polar surface area (TPSA) is 24.1 Å². The zero-order valence-corrected chi connectivity index (χ0v) is 13.0. The first-order valence-corrected chi connectivity index (χ1v) is 7.39. The second-order valence-corrected chi connectivity index (χ2v) is 5.33. The Balaban J connectivity index is 2.03. The van der Waals surface area contributed by atoms with Crippen LogP contribution in [0.3, 0.4) is 0 Å². The van der Waals surface area contributed by atoms with Crippen LogP contribution < -0.4 is 10.6 Å². The third-order valence-corrected chi connectivity index (χ3v) is 3.60. The van der Waals surface area contributed by atoms with Crippen LogP contribution in [0.1, 0.15) is 30.5 Å². The molecule has 2 rings (SSSR count). The number of aryl methyl sites for hydroxylation is 1.